The van der Waals surface area contributed by atoms with Gasteiger partial charge in [-0.2, -0.15) is 5.10 Å². The fourth-order valence-electron chi connectivity index (χ4n) is 3.56. The van der Waals surface area contributed by atoms with Gasteiger partial charge < -0.3 is 20.2 Å². The third-order valence-electron chi connectivity index (χ3n) is 5.46. The van der Waals surface area contributed by atoms with Gasteiger partial charge in [0.2, 0.25) is 5.91 Å². The second-order valence-electron chi connectivity index (χ2n) is 7.78. The molecule has 0 unspecified atom stereocenters. The van der Waals surface area contributed by atoms with Gasteiger partial charge >= 0.3 is 0 Å². The van der Waals surface area contributed by atoms with Gasteiger partial charge in [-0.1, -0.05) is 13.0 Å². The molecule has 170 valence electrons. The van der Waals surface area contributed by atoms with Gasteiger partial charge in [0.1, 0.15) is 18.4 Å². The van der Waals surface area contributed by atoms with E-state index in [0.29, 0.717) is 46.9 Å². The first-order chi connectivity index (χ1) is 15.9. The average molecular weight is 448 g/mol. The highest BCUT2D eigenvalue weighted by molar-refractivity contribution is 6.03. The monoisotopic (exact) mass is 448 g/mol. The minimum atomic E-state index is -0.333. The topological polar surface area (TPSA) is 128 Å². The second kappa shape index (κ2) is 9.19. The molecule has 10 nitrogen and oxygen atoms in total. The molecule has 0 saturated heterocycles. The minimum Gasteiger partial charge on any atom is -0.494 e. The Bertz CT molecular complexity index is 1220. The molecule has 0 radical (unpaired) electrons. The Morgan fingerprint density at radius 1 is 1.27 bits per heavy atom. The lowest BCUT2D eigenvalue weighted by molar-refractivity contribution is -0.119. The smallest absolute Gasteiger partial charge is 0.229 e. The Labute approximate surface area is 190 Å². The summed E-state index contributed by atoms with van der Waals surface area (Å²) in [5.74, 6) is 0.352. The van der Waals surface area contributed by atoms with Crippen molar-refractivity contribution in [3.8, 4) is 17.1 Å². The van der Waals surface area contributed by atoms with Crippen LogP contribution in [0.1, 0.15) is 30.1 Å². The van der Waals surface area contributed by atoms with E-state index in [1.54, 1.807) is 38.2 Å². The Morgan fingerprint density at radius 2 is 2.09 bits per heavy atom. The summed E-state index contributed by atoms with van der Waals surface area (Å²) in [5.41, 5.74) is 2.14. The molecule has 0 spiro atoms. The number of ether oxygens (including phenoxy) is 1. The normalized spacial score (nSPS) is 16.7. The summed E-state index contributed by atoms with van der Waals surface area (Å²) in [6.45, 7) is 1.77. The fourth-order valence-corrected chi connectivity index (χ4v) is 3.56. The maximum absolute atomic E-state index is 12.5. The van der Waals surface area contributed by atoms with E-state index in [2.05, 4.69) is 25.7 Å². The predicted molar refractivity (Wildman–Crippen MR) is 121 cm³/mol. The van der Waals surface area contributed by atoms with E-state index in [9.17, 15) is 14.4 Å². The summed E-state index contributed by atoms with van der Waals surface area (Å²) in [7, 11) is 3.32. The average Bonchev–Trinajstić information content (AvgIpc) is 3.50. The summed E-state index contributed by atoms with van der Waals surface area (Å²) in [6.07, 6.45) is 4.66. The number of aldehydes is 1. The number of aryl methyl sites for hydroxylation is 1. The van der Waals surface area contributed by atoms with Gasteiger partial charge in [-0.15, -0.1) is 0 Å². The number of anilines is 3. The molecule has 2 N–H and O–H groups in total. The first-order valence-corrected chi connectivity index (χ1v) is 10.5. The summed E-state index contributed by atoms with van der Waals surface area (Å²) in [5, 5.41) is 10.3. The lowest BCUT2D eigenvalue weighted by atomic mass is 10.1. The number of hydrogen-bond donors (Lipinski definition) is 2. The van der Waals surface area contributed by atoms with Crippen LogP contribution in [0, 0.1) is 11.8 Å². The molecule has 1 fully saturated rings. The van der Waals surface area contributed by atoms with E-state index < -0.39 is 0 Å². The van der Waals surface area contributed by atoms with Crippen molar-refractivity contribution >= 4 is 35.2 Å². The first kappa shape index (κ1) is 22.1. The van der Waals surface area contributed by atoms with Crippen LogP contribution in [0.5, 0.6) is 5.75 Å². The number of methoxy groups -OCH3 is 1. The second-order valence-corrected chi connectivity index (χ2v) is 7.78. The van der Waals surface area contributed by atoms with Crippen molar-refractivity contribution in [3.63, 3.8) is 0 Å². The summed E-state index contributed by atoms with van der Waals surface area (Å²) >= 11 is 0. The van der Waals surface area contributed by atoms with Crippen molar-refractivity contribution in [1.29, 1.82) is 0 Å². The van der Waals surface area contributed by atoms with Crippen LogP contribution in [0.3, 0.4) is 0 Å². The molecule has 1 aliphatic carbocycles. The molecule has 1 amide bonds. The van der Waals surface area contributed by atoms with Crippen molar-refractivity contribution in [2.75, 3.05) is 17.7 Å². The standard InChI is InChI=1S/C23H24N6O4/c1-4-19(31)16-10-24-20(27-23(32)15-8-13(15)11-30)9-18(16)26-17-7-5-6-14(21(17)33-3)22-25-12-29(2)28-22/h5-7,9-13,15H,4,8H2,1-3H3,(H2,24,26,27,32)/t13-,15+/m0/s1. The molecule has 4 rings (SSSR count). The van der Waals surface area contributed by atoms with Crippen LogP contribution in [0.2, 0.25) is 0 Å². The van der Waals surface area contributed by atoms with Crippen molar-refractivity contribution in [2.24, 2.45) is 18.9 Å². The quantitative estimate of drug-likeness (QED) is 0.378. The van der Waals surface area contributed by atoms with E-state index in [1.165, 1.54) is 6.20 Å². The van der Waals surface area contributed by atoms with Crippen molar-refractivity contribution in [2.45, 2.75) is 19.8 Å². The van der Waals surface area contributed by atoms with Crippen LogP contribution >= 0.6 is 0 Å². The third kappa shape index (κ3) is 4.59. The first-order valence-electron chi connectivity index (χ1n) is 10.5. The van der Waals surface area contributed by atoms with Crippen molar-refractivity contribution < 1.29 is 19.1 Å². The molecular weight excluding hydrogens is 424 g/mol. The van der Waals surface area contributed by atoms with Gasteiger partial charge in [-0.25, -0.2) is 9.97 Å². The van der Waals surface area contributed by atoms with Gasteiger partial charge in [0.05, 0.1) is 29.6 Å². The SMILES string of the molecule is CCC(=O)c1cnc(NC(=O)[C@@H]2C[C@H]2C=O)cc1Nc1cccc(-c2ncn(C)n2)c1OC. The number of ketones is 1. The maximum Gasteiger partial charge on any atom is 0.229 e. The zero-order valence-corrected chi connectivity index (χ0v) is 18.5. The van der Waals surface area contributed by atoms with Crippen LogP contribution in [-0.2, 0) is 16.6 Å². The highest BCUT2D eigenvalue weighted by Gasteiger charge is 2.42. The summed E-state index contributed by atoms with van der Waals surface area (Å²) in [6, 6.07) is 7.08. The molecule has 2 atom stereocenters. The van der Waals surface area contributed by atoms with Gasteiger partial charge in [-0.3, -0.25) is 14.3 Å². The van der Waals surface area contributed by atoms with E-state index in [1.807, 2.05) is 18.2 Å². The van der Waals surface area contributed by atoms with E-state index in [4.69, 9.17) is 4.74 Å². The lowest BCUT2D eigenvalue weighted by Crippen LogP contribution is -2.16. The molecule has 3 aromatic rings. The Morgan fingerprint density at radius 3 is 2.73 bits per heavy atom. The van der Waals surface area contributed by atoms with Crippen molar-refractivity contribution in [3.05, 3.63) is 42.4 Å². The third-order valence-corrected chi connectivity index (χ3v) is 5.46. The number of benzene rings is 1. The van der Waals surface area contributed by atoms with E-state index in [-0.39, 0.29) is 29.3 Å². The molecule has 2 aromatic heterocycles. The molecule has 2 heterocycles. The molecule has 1 aliphatic rings. The zero-order valence-electron chi connectivity index (χ0n) is 18.5. The number of nitrogens with zero attached hydrogens (tertiary/aromatic N) is 4. The number of carbonyl (C=O) groups is 3. The highest BCUT2D eigenvalue weighted by atomic mass is 16.5. The van der Waals surface area contributed by atoms with Gasteiger partial charge in [0, 0.05) is 37.6 Å². The fraction of sp³-hybridized carbons (Fsp3) is 0.304. The van der Waals surface area contributed by atoms with Gasteiger partial charge in [-0.05, 0) is 18.6 Å². The number of rotatable bonds is 9. The Hall–Kier alpha value is -4.08. The van der Waals surface area contributed by atoms with Gasteiger partial charge in [0.25, 0.3) is 0 Å². The maximum atomic E-state index is 12.5. The van der Waals surface area contributed by atoms with Crippen LogP contribution in [0.15, 0.2) is 36.8 Å². The Balaban J connectivity index is 1.68. The molecule has 1 saturated carbocycles. The largest absolute Gasteiger partial charge is 0.494 e. The molecule has 33 heavy (non-hydrogen) atoms. The van der Waals surface area contributed by atoms with Crippen LogP contribution in [-0.4, -0.2) is 44.8 Å². The minimum absolute atomic E-state index is 0.104. The molecule has 0 aliphatic heterocycles. The summed E-state index contributed by atoms with van der Waals surface area (Å²) in [4.78, 5) is 44.3. The number of amides is 1. The predicted octanol–water partition coefficient (Wildman–Crippen LogP) is 3.00. The number of Topliss-reactive ketones (excluding diaryl/α,β-unsaturated/α-hetero) is 1. The van der Waals surface area contributed by atoms with Crippen LogP contribution in [0.4, 0.5) is 17.2 Å². The number of aromatic nitrogens is 4. The number of carbonyl (C=O) groups excluding carboxylic acids is 3. The lowest BCUT2D eigenvalue weighted by Gasteiger charge is -2.16. The Kier molecular flexibility index (Phi) is 6.16. The van der Waals surface area contributed by atoms with Crippen molar-refractivity contribution in [1.82, 2.24) is 19.7 Å². The molecule has 1 aromatic carbocycles. The molecule has 0 bridgehead atoms. The number of para-hydroxylation sites is 1. The van der Waals surface area contributed by atoms with E-state index >= 15 is 0 Å². The van der Waals surface area contributed by atoms with Crippen LogP contribution < -0.4 is 15.4 Å². The van der Waals surface area contributed by atoms with Gasteiger partial charge in [0.15, 0.2) is 17.4 Å². The molecular formula is C23H24N6O4. The molecule has 10 heteroatoms. The summed E-state index contributed by atoms with van der Waals surface area (Å²) < 4.78 is 7.24. The zero-order chi connectivity index (χ0) is 23.5. The number of pyridine rings is 1. The highest BCUT2D eigenvalue weighted by Crippen LogP contribution is 2.39. The number of nitrogens with one attached hydrogen (secondary N) is 2. The van der Waals surface area contributed by atoms with E-state index in [0.717, 1.165) is 6.29 Å². The number of hydrogen-bond acceptors (Lipinski definition) is 8. The van der Waals surface area contributed by atoms with Crippen LogP contribution in [0.25, 0.3) is 11.4 Å².